The summed E-state index contributed by atoms with van der Waals surface area (Å²) in [5.74, 6) is -1.04. The van der Waals surface area contributed by atoms with Crippen LogP contribution in [0.25, 0.3) is 6.08 Å². The van der Waals surface area contributed by atoms with Gasteiger partial charge in [0.25, 0.3) is 11.8 Å². The fourth-order valence-corrected chi connectivity index (χ4v) is 3.08. The quantitative estimate of drug-likeness (QED) is 0.533. The molecular formula is C20H16BrClN2O4. The minimum absolute atomic E-state index is 0.116. The van der Waals surface area contributed by atoms with Crippen molar-refractivity contribution in [1.82, 2.24) is 5.32 Å². The van der Waals surface area contributed by atoms with Gasteiger partial charge in [-0.2, -0.15) is 0 Å². The van der Waals surface area contributed by atoms with E-state index in [9.17, 15) is 14.4 Å². The molecule has 0 atom stereocenters. The predicted octanol–water partition coefficient (Wildman–Crippen LogP) is 4.56. The van der Waals surface area contributed by atoms with Gasteiger partial charge in [0.15, 0.2) is 0 Å². The van der Waals surface area contributed by atoms with Gasteiger partial charge in [-0.15, -0.1) is 0 Å². The van der Waals surface area contributed by atoms with Crippen LogP contribution in [0.3, 0.4) is 0 Å². The average Bonchev–Trinajstić information content (AvgIpc) is 2.62. The van der Waals surface area contributed by atoms with Crippen LogP contribution in [0.4, 0.5) is 10.5 Å². The molecular weight excluding hydrogens is 448 g/mol. The second-order valence-corrected chi connectivity index (χ2v) is 7.64. The summed E-state index contributed by atoms with van der Waals surface area (Å²) in [5.41, 5.74) is 0.608. The standard InChI is InChI=1S/C20H16BrClN2O4/c1-11(2)28-17-8-5-14(22)9-12(17)10-16-18(25)23-20(27)24(19(16)26)15-6-3-13(21)4-7-15/h3-11H,1-2H3,(H,23,25,27)/b16-10+. The number of anilines is 1. The molecule has 1 saturated heterocycles. The van der Waals surface area contributed by atoms with E-state index in [0.29, 0.717) is 22.0 Å². The van der Waals surface area contributed by atoms with E-state index in [2.05, 4.69) is 21.2 Å². The van der Waals surface area contributed by atoms with E-state index in [1.54, 1.807) is 42.5 Å². The molecule has 2 aromatic carbocycles. The third-order valence-corrected chi connectivity index (χ3v) is 4.58. The molecule has 6 nitrogen and oxygen atoms in total. The number of halogens is 2. The van der Waals surface area contributed by atoms with Gasteiger partial charge in [-0.25, -0.2) is 9.69 Å². The highest BCUT2D eigenvalue weighted by molar-refractivity contribution is 9.10. The van der Waals surface area contributed by atoms with Gasteiger partial charge in [-0.05, 0) is 62.4 Å². The minimum Gasteiger partial charge on any atom is -0.490 e. The van der Waals surface area contributed by atoms with Gasteiger partial charge in [-0.1, -0.05) is 27.5 Å². The molecule has 144 valence electrons. The van der Waals surface area contributed by atoms with E-state index in [1.165, 1.54) is 6.08 Å². The number of carbonyl (C=O) groups excluding carboxylic acids is 3. The van der Waals surface area contributed by atoms with Crippen LogP contribution in [0, 0.1) is 0 Å². The van der Waals surface area contributed by atoms with Gasteiger partial charge in [0, 0.05) is 15.1 Å². The van der Waals surface area contributed by atoms with Gasteiger partial charge in [0.1, 0.15) is 11.3 Å². The number of nitrogens with zero attached hydrogens (tertiary/aromatic N) is 1. The van der Waals surface area contributed by atoms with Crippen molar-refractivity contribution in [1.29, 1.82) is 0 Å². The normalized spacial score (nSPS) is 16.0. The summed E-state index contributed by atoms with van der Waals surface area (Å²) in [6.07, 6.45) is 1.26. The Kier molecular flexibility index (Phi) is 5.86. The molecule has 1 fully saturated rings. The zero-order chi connectivity index (χ0) is 20.4. The number of nitrogens with one attached hydrogen (secondary N) is 1. The van der Waals surface area contributed by atoms with Gasteiger partial charge in [0.05, 0.1) is 11.8 Å². The average molecular weight is 464 g/mol. The number of hydrogen-bond donors (Lipinski definition) is 1. The van der Waals surface area contributed by atoms with Crippen LogP contribution in [0.1, 0.15) is 19.4 Å². The number of benzene rings is 2. The summed E-state index contributed by atoms with van der Waals surface area (Å²) in [7, 11) is 0. The van der Waals surface area contributed by atoms with Gasteiger partial charge >= 0.3 is 6.03 Å². The molecule has 0 saturated carbocycles. The van der Waals surface area contributed by atoms with E-state index in [1.807, 2.05) is 13.8 Å². The Morgan fingerprint density at radius 2 is 1.79 bits per heavy atom. The topological polar surface area (TPSA) is 75.7 Å². The first kappa shape index (κ1) is 20.1. The fourth-order valence-electron chi connectivity index (χ4n) is 2.63. The first-order valence-corrected chi connectivity index (χ1v) is 9.56. The Morgan fingerprint density at radius 3 is 2.43 bits per heavy atom. The molecule has 4 amide bonds. The number of rotatable bonds is 4. The molecule has 28 heavy (non-hydrogen) atoms. The van der Waals surface area contributed by atoms with E-state index in [0.717, 1.165) is 9.37 Å². The van der Waals surface area contributed by atoms with Crippen molar-refractivity contribution < 1.29 is 19.1 Å². The lowest BCUT2D eigenvalue weighted by molar-refractivity contribution is -0.122. The smallest absolute Gasteiger partial charge is 0.335 e. The van der Waals surface area contributed by atoms with Crippen molar-refractivity contribution in [3.05, 3.63) is 63.1 Å². The van der Waals surface area contributed by atoms with Crippen molar-refractivity contribution in [3.63, 3.8) is 0 Å². The number of barbiturate groups is 1. The molecule has 0 spiro atoms. The molecule has 1 heterocycles. The van der Waals surface area contributed by atoms with E-state index < -0.39 is 17.8 Å². The molecule has 0 radical (unpaired) electrons. The fraction of sp³-hybridized carbons (Fsp3) is 0.150. The van der Waals surface area contributed by atoms with Crippen molar-refractivity contribution in [2.24, 2.45) is 0 Å². The van der Waals surface area contributed by atoms with E-state index in [4.69, 9.17) is 16.3 Å². The summed E-state index contributed by atoms with van der Waals surface area (Å²) in [6.45, 7) is 3.72. The summed E-state index contributed by atoms with van der Waals surface area (Å²) < 4.78 is 6.52. The highest BCUT2D eigenvalue weighted by Gasteiger charge is 2.37. The number of imide groups is 2. The predicted molar refractivity (Wildman–Crippen MR) is 110 cm³/mol. The highest BCUT2D eigenvalue weighted by Crippen LogP contribution is 2.29. The Hall–Kier alpha value is -2.64. The van der Waals surface area contributed by atoms with Crippen LogP contribution in [0.5, 0.6) is 5.75 Å². The maximum atomic E-state index is 12.9. The highest BCUT2D eigenvalue weighted by atomic mass is 79.9. The van der Waals surface area contributed by atoms with Crippen LogP contribution in [-0.4, -0.2) is 23.9 Å². The van der Waals surface area contributed by atoms with E-state index in [-0.39, 0.29) is 11.7 Å². The van der Waals surface area contributed by atoms with Gasteiger partial charge in [-0.3, -0.25) is 14.9 Å². The Balaban J connectivity index is 2.04. The third kappa shape index (κ3) is 4.26. The number of carbonyl (C=O) groups is 3. The maximum absolute atomic E-state index is 12.9. The van der Waals surface area contributed by atoms with Crippen LogP contribution in [-0.2, 0) is 9.59 Å². The largest absolute Gasteiger partial charge is 0.490 e. The second kappa shape index (κ2) is 8.16. The molecule has 1 N–H and O–H groups in total. The van der Waals surface area contributed by atoms with Crippen LogP contribution in [0.15, 0.2) is 52.5 Å². The molecule has 3 rings (SSSR count). The summed E-state index contributed by atoms with van der Waals surface area (Å²) in [6, 6.07) is 10.7. The van der Waals surface area contributed by atoms with Gasteiger partial charge in [0.2, 0.25) is 0 Å². The lowest BCUT2D eigenvalue weighted by atomic mass is 10.1. The minimum atomic E-state index is -0.806. The number of urea groups is 1. The number of hydrogen-bond acceptors (Lipinski definition) is 4. The molecule has 1 aliphatic rings. The lowest BCUT2D eigenvalue weighted by Crippen LogP contribution is -2.54. The SMILES string of the molecule is CC(C)Oc1ccc(Cl)cc1/C=C1\C(=O)NC(=O)N(c2ccc(Br)cc2)C1=O. The molecule has 8 heteroatoms. The molecule has 0 aliphatic carbocycles. The molecule has 1 aliphatic heterocycles. The van der Waals surface area contributed by atoms with E-state index >= 15 is 0 Å². The number of ether oxygens (including phenoxy) is 1. The van der Waals surface area contributed by atoms with Crippen LogP contribution in [0.2, 0.25) is 5.02 Å². The molecule has 0 unspecified atom stereocenters. The lowest BCUT2D eigenvalue weighted by Gasteiger charge is -2.26. The Morgan fingerprint density at radius 1 is 1.11 bits per heavy atom. The number of amides is 4. The Bertz CT molecular complexity index is 986. The maximum Gasteiger partial charge on any atom is 0.335 e. The third-order valence-electron chi connectivity index (χ3n) is 3.82. The Labute approximate surface area is 175 Å². The van der Waals surface area contributed by atoms with Crippen molar-refractivity contribution in [3.8, 4) is 5.75 Å². The first-order chi connectivity index (χ1) is 13.3. The second-order valence-electron chi connectivity index (χ2n) is 6.28. The zero-order valence-electron chi connectivity index (χ0n) is 15.0. The van der Waals surface area contributed by atoms with Crippen molar-refractivity contribution in [2.75, 3.05) is 4.90 Å². The molecule has 0 aromatic heterocycles. The van der Waals surface area contributed by atoms with Crippen molar-refractivity contribution >= 4 is 57.1 Å². The molecule has 2 aromatic rings. The zero-order valence-corrected chi connectivity index (χ0v) is 17.4. The van der Waals surface area contributed by atoms with Gasteiger partial charge < -0.3 is 4.74 Å². The summed E-state index contributed by atoms with van der Waals surface area (Å²) in [4.78, 5) is 38.4. The first-order valence-electron chi connectivity index (χ1n) is 8.39. The van der Waals surface area contributed by atoms with Crippen molar-refractivity contribution in [2.45, 2.75) is 20.0 Å². The monoisotopic (exact) mass is 462 g/mol. The summed E-state index contributed by atoms with van der Waals surface area (Å²) >= 11 is 9.37. The van der Waals surface area contributed by atoms with Crippen LogP contribution >= 0.6 is 27.5 Å². The van der Waals surface area contributed by atoms with Crippen LogP contribution < -0.4 is 15.0 Å². The molecule has 0 bridgehead atoms. The summed E-state index contributed by atoms with van der Waals surface area (Å²) in [5, 5.41) is 2.62.